The molecule has 0 aliphatic carbocycles. The van der Waals surface area contributed by atoms with Crippen molar-refractivity contribution in [1.29, 1.82) is 0 Å². The molecule has 6 nitrogen and oxygen atoms in total. The fourth-order valence-corrected chi connectivity index (χ4v) is 2.76. The summed E-state index contributed by atoms with van der Waals surface area (Å²) < 4.78 is 6.70. The van der Waals surface area contributed by atoms with E-state index >= 15 is 0 Å². The first-order valence-corrected chi connectivity index (χ1v) is 7.85. The predicted octanol–water partition coefficient (Wildman–Crippen LogP) is 3.07. The number of benzene rings is 1. The van der Waals surface area contributed by atoms with E-state index in [0.717, 1.165) is 11.3 Å². The van der Waals surface area contributed by atoms with E-state index in [-0.39, 0.29) is 5.56 Å². The molecule has 0 amide bonds. The Bertz CT molecular complexity index is 1110. The van der Waals surface area contributed by atoms with Gasteiger partial charge in [-0.3, -0.25) is 9.89 Å². The van der Waals surface area contributed by atoms with Crippen LogP contribution in [0.25, 0.3) is 28.2 Å². The van der Waals surface area contributed by atoms with Crippen LogP contribution >= 0.6 is 0 Å². The van der Waals surface area contributed by atoms with Crippen molar-refractivity contribution in [3.05, 3.63) is 70.6 Å². The Kier molecular flexibility index (Phi) is 3.57. The standard InChI is InChI=1S/C19H16N4O2/c1-12-5-7-13(8-6-12)15-10-17-21-16(11-18(24)23(17)22-15)14-4-3-9-20-19(14)25-2/h3-11,22H,1-2H3. The van der Waals surface area contributed by atoms with Gasteiger partial charge in [0.05, 0.1) is 24.1 Å². The highest BCUT2D eigenvalue weighted by Gasteiger charge is 2.12. The van der Waals surface area contributed by atoms with Gasteiger partial charge in [-0.2, -0.15) is 0 Å². The minimum atomic E-state index is -0.190. The van der Waals surface area contributed by atoms with E-state index in [9.17, 15) is 4.79 Å². The van der Waals surface area contributed by atoms with Gasteiger partial charge in [-0.25, -0.2) is 14.5 Å². The monoisotopic (exact) mass is 332 g/mol. The maximum Gasteiger partial charge on any atom is 0.273 e. The first kappa shape index (κ1) is 15.1. The zero-order valence-corrected chi connectivity index (χ0v) is 13.9. The molecule has 6 heteroatoms. The van der Waals surface area contributed by atoms with Crippen molar-refractivity contribution in [2.75, 3.05) is 7.11 Å². The fraction of sp³-hybridized carbons (Fsp3) is 0.105. The van der Waals surface area contributed by atoms with Gasteiger partial charge in [0.1, 0.15) is 0 Å². The number of fused-ring (bicyclic) bond motifs is 1. The first-order chi connectivity index (χ1) is 12.2. The van der Waals surface area contributed by atoms with E-state index < -0.39 is 0 Å². The summed E-state index contributed by atoms with van der Waals surface area (Å²) in [6.07, 6.45) is 1.64. The van der Waals surface area contributed by atoms with Crippen molar-refractivity contribution >= 4 is 5.65 Å². The normalized spacial score (nSPS) is 11.0. The highest BCUT2D eigenvalue weighted by molar-refractivity contribution is 5.69. The Morgan fingerprint density at radius 2 is 1.92 bits per heavy atom. The smallest absolute Gasteiger partial charge is 0.273 e. The molecule has 0 aliphatic rings. The van der Waals surface area contributed by atoms with Gasteiger partial charge in [0, 0.05) is 18.3 Å². The molecule has 0 saturated carbocycles. The van der Waals surface area contributed by atoms with Crippen LogP contribution in [-0.2, 0) is 0 Å². The number of H-pyrrole nitrogens is 1. The Balaban J connectivity index is 1.88. The number of ether oxygens (including phenoxy) is 1. The second-order valence-corrected chi connectivity index (χ2v) is 5.77. The summed E-state index contributed by atoms with van der Waals surface area (Å²) >= 11 is 0. The van der Waals surface area contributed by atoms with E-state index in [1.807, 2.05) is 43.3 Å². The maximum absolute atomic E-state index is 12.5. The highest BCUT2D eigenvalue weighted by atomic mass is 16.5. The topological polar surface area (TPSA) is 72.3 Å². The van der Waals surface area contributed by atoms with Gasteiger partial charge in [-0.1, -0.05) is 29.8 Å². The van der Waals surface area contributed by atoms with Crippen molar-refractivity contribution in [2.45, 2.75) is 6.92 Å². The number of nitrogens with one attached hydrogen (secondary N) is 1. The van der Waals surface area contributed by atoms with Crippen molar-refractivity contribution in [1.82, 2.24) is 19.6 Å². The van der Waals surface area contributed by atoms with Crippen LogP contribution in [0, 0.1) is 6.92 Å². The molecule has 3 heterocycles. The van der Waals surface area contributed by atoms with Crippen LogP contribution in [0.1, 0.15) is 5.56 Å². The van der Waals surface area contributed by atoms with Crippen LogP contribution in [0.5, 0.6) is 5.88 Å². The van der Waals surface area contributed by atoms with Crippen molar-refractivity contribution < 1.29 is 4.74 Å². The van der Waals surface area contributed by atoms with Gasteiger partial charge in [0.15, 0.2) is 5.65 Å². The van der Waals surface area contributed by atoms with E-state index in [0.29, 0.717) is 22.8 Å². The number of nitrogens with zero attached hydrogens (tertiary/aromatic N) is 3. The van der Waals surface area contributed by atoms with Crippen LogP contribution in [0.4, 0.5) is 0 Å². The minimum absolute atomic E-state index is 0.190. The number of hydrogen-bond donors (Lipinski definition) is 1. The summed E-state index contributed by atoms with van der Waals surface area (Å²) in [5.41, 5.74) is 4.58. The number of methoxy groups -OCH3 is 1. The molecular formula is C19H16N4O2. The molecular weight excluding hydrogens is 316 g/mol. The molecule has 3 aromatic heterocycles. The lowest BCUT2D eigenvalue weighted by atomic mass is 10.1. The SMILES string of the molecule is COc1ncccc1-c1cc(=O)n2[nH]c(-c3ccc(C)cc3)cc2n1. The molecule has 25 heavy (non-hydrogen) atoms. The summed E-state index contributed by atoms with van der Waals surface area (Å²) in [6.45, 7) is 2.04. The number of aryl methyl sites for hydroxylation is 1. The quantitative estimate of drug-likeness (QED) is 0.626. The van der Waals surface area contributed by atoms with Gasteiger partial charge in [0.2, 0.25) is 5.88 Å². The van der Waals surface area contributed by atoms with Crippen LogP contribution < -0.4 is 10.3 Å². The molecule has 0 bridgehead atoms. The van der Waals surface area contributed by atoms with Gasteiger partial charge < -0.3 is 4.74 Å². The molecule has 0 saturated heterocycles. The van der Waals surface area contributed by atoms with E-state index in [1.165, 1.54) is 16.1 Å². The molecule has 0 fully saturated rings. The van der Waals surface area contributed by atoms with Crippen molar-refractivity contribution in [3.63, 3.8) is 0 Å². The number of aromatic nitrogens is 4. The van der Waals surface area contributed by atoms with Crippen LogP contribution in [0.3, 0.4) is 0 Å². The highest BCUT2D eigenvalue weighted by Crippen LogP contribution is 2.26. The Hall–Kier alpha value is -3.41. The minimum Gasteiger partial charge on any atom is -0.481 e. The Morgan fingerprint density at radius 3 is 2.68 bits per heavy atom. The summed E-state index contributed by atoms with van der Waals surface area (Å²) in [5.74, 6) is 0.438. The third-order valence-electron chi connectivity index (χ3n) is 4.05. The fourth-order valence-electron chi connectivity index (χ4n) is 2.76. The van der Waals surface area contributed by atoms with Gasteiger partial charge in [0.25, 0.3) is 5.56 Å². The third-order valence-corrected chi connectivity index (χ3v) is 4.05. The summed E-state index contributed by atoms with van der Waals surface area (Å²) in [4.78, 5) is 21.3. The average molecular weight is 332 g/mol. The van der Waals surface area contributed by atoms with Crippen molar-refractivity contribution in [3.8, 4) is 28.4 Å². The zero-order chi connectivity index (χ0) is 17.4. The number of pyridine rings is 1. The molecule has 124 valence electrons. The number of aromatic amines is 1. The Labute approximate surface area is 143 Å². The van der Waals surface area contributed by atoms with Crippen LogP contribution in [-0.4, -0.2) is 26.7 Å². The van der Waals surface area contributed by atoms with Gasteiger partial charge in [-0.15, -0.1) is 0 Å². The second-order valence-electron chi connectivity index (χ2n) is 5.77. The second kappa shape index (κ2) is 5.90. The summed E-state index contributed by atoms with van der Waals surface area (Å²) in [7, 11) is 1.54. The third kappa shape index (κ3) is 2.67. The van der Waals surface area contributed by atoms with Crippen LogP contribution in [0.15, 0.2) is 59.5 Å². The molecule has 0 atom stereocenters. The average Bonchev–Trinajstić information content (AvgIpc) is 3.07. The number of hydrogen-bond acceptors (Lipinski definition) is 4. The van der Waals surface area contributed by atoms with E-state index in [4.69, 9.17) is 4.74 Å². The van der Waals surface area contributed by atoms with Crippen molar-refractivity contribution in [2.24, 2.45) is 0 Å². The molecule has 0 aliphatic heterocycles. The molecule has 4 rings (SSSR count). The predicted molar refractivity (Wildman–Crippen MR) is 95.8 cm³/mol. The lowest BCUT2D eigenvalue weighted by Gasteiger charge is -2.05. The van der Waals surface area contributed by atoms with E-state index in [1.54, 1.807) is 19.4 Å². The zero-order valence-electron chi connectivity index (χ0n) is 13.9. The molecule has 4 aromatic rings. The molecule has 1 aromatic carbocycles. The largest absolute Gasteiger partial charge is 0.481 e. The lowest BCUT2D eigenvalue weighted by molar-refractivity contribution is 0.399. The lowest BCUT2D eigenvalue weighted by Crippen LogP contribution is -2.14. The number of rotatable bonds is 3. The van der Waals surface area contributed by atoms with Gasteiger partial charge >= 0.3 is 0 Å². The van der Waals surface area contributed by atoms with E-state index in [2.05, 4.69) is 15.1 Å². The molecule has 1 N–H and O–H groups in total. The summed E-state index contributed by atoms with van der Waals surface area (Å²) in [5, 5.41) is 3.10. The summed E-state index contributed by atoms with van der Waals surface area (Å²) in [6, 6.07) is 15.0. The first-order valence-electron chi connectivity index (χ1n) is 7.85. The molecule has 0 radical (unpaired) electrons. The van der Waals surface area contributed by atoms with Crippen LogP contribution in [0.2, 0.25) is 0 Å². The Morgan fingerprint density at radius 1 is 1.12 bits per heavy atom. The van der Waals surface area contributed by atoms with Gasteiger partial charge in [-0.05, 0) is 24.6 Å². The molecule has 0 unspecified atom stereocenters. The maximum atomic E-state index is 12.5. The molecule has 0 spiro atoms.